The van der Waals surface area contributed by atoms with Crippen molar-refractivity contribution < 1.29 is 9.84 Å². The third-order valence-electron chi connectivity index (χ3n) is 3.01. The molecule has 70 valence electrons. The van der Waals surface area contributed by atoms with Gasteiger partial charge in [0.15, 0.2) is 0 Å². The summed E-state index contributed by atoms with van der Waals surface area (Å²) < 4.78 is 5.65. The van der Waals surface area contributed by atoms with Gasteiger partial charge in [-0.05, 0) is 26.7 Å². The van der Waals surface area contributed by atoms with Gasteiger partial charge in [-0.25, -0.2) is 0 Å². The Morgan fingerprint density at radius 1 is 1.50 bits per heavy atom. The fourth-order valence-electron chi connectivity index (χ4n) is 2.28. The van der Waals surface area contributed by atoms with E-state index in [0.29, 0.717) is 6.04 Å². The molecule has 0 aromatic carbocycles. The fourth-order valence-corrected chi connectivity index (χ4v) is 2.28. The van der Waals surface area contributed by atoms with Gasteiger partial charge in [-0.3, -0.25) is 4.90 Å². The molecule has 2 fully saturated rings. The van der Waals surface area contributed by atoms with Gasteiger partial charge in [-0.15, -0.1) is 0 Å². The van der Waals surface area contributed by atoms with Crippen LogP contribution in [-0.4, -0.2) is 41.0 Å². The molecule has 0 amide bonds. The van der Waals surface area contributed by atoms with Gasteiger partial charge in [-0.1, -0.05) is 0 Å². The minimum Gasteiger partial charge on any atom is -0.393 e. The van der Waals surface area contributed by atoms with Crippen molar-refractivity contribution in [2.24, 2.45) is 0 Å². The molecular formula is C9H17NO2. The quantitative estimate of drug-likeness (QED) is 0.578. The Kier molecular flexibility index (Phi) is 1.90. The first-order valence-corrected chi connectivity index (χ1v) is 4.68. The summed E-state index contributed by atoms with van der Waals surface area (Å²) in [5.74, 6) is 0. The van der Waals surface area contributed by atoms with E-state index in [1.54, 1.807) is 0 Å². The molecule has 2 saturated heterocycles. The molecule has 2 aliphatic heterocycles. The van der Waals surface area contributed by atoms with Crippen molar-refractivity contribution in [3.8, 4) is 0 Å². The van der Waals surface area contributed by atoms with Crippen LogP contribution in [0.25, 0.3) is 0 Å². The van der Waals surface area contributed by atoms with Crippen molar-refractivity contribution in [1.29, 1.82) is 0 Å². The van der Waals surface area contributed by atoms with Gasteiger partial charge in [0, 0.05) is 12.6 Å². The van der Waals surface area contributed by atoms with Crippen LogP contribution in [0, 0.1) is 0 Å². The van der Waals surface area contributed by atoms with Crippen molar-refractivity contribution in [3.63, 3.8) is 0 Å². The number of aliphatic hydroxyl groups is 1. The molecule has 2 rings (SSSR count). The molecule has 2 heterocycles. The molecule has 0 bridgehead atoms. The average Bonchev–Trinajstić information content (AvgIpc) is 2.27. The number of rotatable bonds is 0. The number of piperidine rings is 1. The topological polar surface area (TPSA) is 32.7 Å². The lowest BCUT2D eigenvalue weighted by atomic mass is 9.99. The van der Waals surface area contributed by atoms with Gasteiger partial charge in [0.1, 0.15) is 5.72 Å². The van der Waals surface area contributed by atoms with Gasteiger partial charge < -0.3 is 9.84 Å². The normalized spacial score (nSPS) is 41.2. The number of nitrogens with zero attached hydrogens (tertiary/aromatic N) is 1. The third kappa shape index (κ3) is 1.26. The first kappa shape index (κ1) is 8.48. The molecule has 3 nitrogen and oxygen atoms in total. The summed E-state index contributed by atoms with van der Waals surface area (Å²) in [4.78, 5) is 2.36. The van der Waals surface area contributed by atoms with Gasteiger partial charge >= 0.3 is 0 Å². The standard InChI is InChI=1S/C9H17NO2/c1-9(2)10-4-3-8(11)5-7(10)6-12-9/h7-8,11H,3-6H2,1-2H3/t7-,8-/m0/s1. The van der Waals surface area contributed by atoms with Crippen LogP contribution in [0.15, 0.2) is 0 Å². The fraction of sp³-hybridized carbons (Fsp3) is 1.00. The largest absolute Gasteiger partial charge is 0.393 e. The Labute approximate surface area is 73.3 Å². The maximum atomic E-state index is 9.44. The zero-order valence-corrected chi connectivity index (χ0v) is 7.79. The van der Waals surface area contributed by atoms with Gasteiger partial charge in [0.05, 0.1) is 12.7 Å². The number of hydrogen-bond donors (Lipinski definition) is 1. The van der Waals surface area contributed by atoms with E-state index in [4.69, 9.17) is 4.74 Å². The van der Waals surface area contributed by atoms with E-state index in [2.05, 4.69) is 18.7 Å². The molecule has 0 radical (unpaired) electrons. The maximum Gasteiger partial charge on any atom is 0.116 e. The molecule has 0 spiro atoms. The SMILES string of the molecule is CC1(C)OC[C@@H]2C[C@@H](O)CCN21. The van der Waals surface area contributed by atoms with E-state index in [0.717, 1.165) is 26.0 Å². The summed E-state index contributed by atoms with van der Waals surface area (Å²) in [6.07, 6.45) is 1.66. The molecular weight excluding hydrogens is 154 g/mol. The molecule has 3 heteroatoms. The average molecular weight is 171 g/mol. The second-order valence-electron chi connectivity index (χ2n) is 4.28. The molecule has 0 aromatic heterocycles. The first-order chi connectivity index (χ1) is 5.59. The molecule has 0 unspecified atom stereocenters. The van der Waals surface area contributed by atoms with E-state index in [9.17, 15) is 5.11 Å². The zero-order valence-electron chi connectivity index (χ0n) is 7.79. The minimum absolute atomic E-state index is 0.106. The van der Waals surface area contributed by atoms with Crippen molar-refractivity contribution in [3.05, 3.63) is 0 Å². The highest BCUT2D eigenvalue weighted by Gasteiger charge is 2.43. The lowest BCUT2D eigenvalue weighted by Crippen LogP contribution is -2.49. The van der Waals surface area contributed by atoms with E-state index in [1.807, 2.05) is 0 Å². The van der Waals surface area contributed by atoms with Crippen LogP contribution in [0.2, 0.25) is 0 Å². The highest BCUT2D eigenvalue weighted by molar-refractivity contribution is 4.91. The molecule has 0 aromatic rings. The molecule has 2 atom stereocenters. The van der Waals surface area contributed by atoms with Crippen LogP contribution < -0.4 is 0 Å². The van der Waals surface area contributed by atoms with Crippen molar-refractivity contribution in [1.82, 2.24) is 4.90 Å². The van der Waals surface area contributed by atoms with Crippen molar-refractivity contribution >= 4 is 0 Å². The summed E-state index contributed by atoms with van der Waals surface area (Å²) in [6.45, 7) is 5.96. The minimum atomic E-state index is -0.108. The van der Waals surface area contributed by atoms with Crippen LogP contribution in [0.4, 0.5) is 0 Å². The van der Waals surface area contributed by atoms with Crippen molar-refractivity contribution in [2.45, 2.75) is 44.6 Å². The number of hydrogen-bond acceptors (Lipinski definition) is 3. The van der Waals surface area contributed by atoms with E-state index in [1.165, 1.54) is 0 Å². The predicted octanol–water partition coefficient (Wildman–Crippen LogP) is 0.578. The van der Waals surface area contributed by atoms with Crippen LogP contribution in [0.1, 0.15) is 26.7 Å². The lowest BCUT2D eigenvalue weighted by Gasteiger charge is -2.38. The number of aliphatic hydroxyl groups excluding tert-OH is 1. The smallest absolute Gasteiger partial charge is 0.116 e. The van der Waals surface area contributed by atoms with Gasteiger partial charge in [0.25, 0.3) is 0 Å². The highest BCUT2D eigenvalue weighted by Crippen LogP contribution is 2.32. The second kappa shape index (κ2) is 2.69. The predicted molar refractivity (Wildman–Crippen MR) is 45.8 cm³/mol. The van der Waals surface area contributed by atoms with E-state index >= 15 is 0 Å². The van der Waals surface area contributed by atoms with Crippen LogP contribution in [0.3, 0.4) is 0 Å². The summed E-state index contributed by atoms with van der Waals surface area (Å²) in [6, 6.07) is 0.448. The summed E-state index contributed by atoms with van der Waals surface area (Å²) in [5, 5.41) is 9.44. The lowest BCUT2D eigenvalue weighted by molar-refractivity contribution is -0.0674. The van der Waals surface area contributed by atoms with Crippen LogP contribution in [-0.2, 0) is 4.74 Å². The van der Waals surface area contributed by atoms with E-state index in [-0.39, 0.29) is 11.8 Å². The summed E-state index contributed by atoms with van der Waals surface area (Å²) in [7, 11) is 0. The molecule has 2 aliphatic rings. The van der Waals surface area contributed by atoms with Crippen molar-refractivity contribution in [2.75, 3.05) is 13.2 Å². The highest BCUT2D eigenvalue weighted by atomic mass is 16.5. The Morgan fingerprint density at radius 2 is 2.25 bits per heavy atom. The van der Waals surface area contributed by atoms with Crippen LogP contribution in [0.5, 0.6) is 0 Å². The number of ether oxygens (including phenoxy) is 1. The molecule has 0 saturated carbocycles. The Bertz CT molecular complexity index is 181. The third-order valence-corrected chi connectivity index (χ3v) is 3.01. The Balaban J connectivity index is 2.08. The molecule has 12 heavy (non-hydrogen) atoms. The van der Waals surface area contributed by atoms with Gasteiger partial charge in [0.2, 0.25) is 0 Å². The Hall–Kier alpha value is -0.120. The number of fused-ring (bicyclic) bond motifs is 1. The summed E-state index contributed by atoms with van der Waals surface area (Å²) in [5.41, 5.74) is -0.106. The zero-order chi connectivity index (χ0) is 8.77. The molecule has 0 aliphatic carbocycles. The van der Waals surface area contributed by atoms with Crippen LogP contribution >= 0.6 is 0 Å². The second-order valence-corrected chi connectivity index (χ2v) is 4.28. The molecule has 1 N–H and O–H groups in total. The van der Waals surface area contributed by atoms with Gasteiger partial charge in [-0.2, -0.15) is 0 Å². The monoisotopic (exact) mass is 171 g/mol. The Morgan fingerprint density at radius 3 is 3.00 bits per heavy atom. The first-order valence-electron chi connectivity index (χ1n) is 4.68. The maximum absolute atomic E-state index is 9.44. The van der Waals surface area contributed by atoms with E-state index < -0.39 is 0 Å². The summed E-state index contributed by atoms with van der Waals surface area (Å²) >= 11 is 0.